The maximum absolute atomic E-state index is 14.1. The van der Waals surface area contributed by atoms with Crippen molar-refractivity contribution in [1.29, 1.82) is 0 Å². The van der Waals surface area contributed by atoms with E-state index in [9.17, 15) is 4.39 Å². The summed E-state index contributed by atoms with van der Waals surface area (Å²) in [7, 11) is 1.87. The first-order valence-electron chi connectivity index (χ1n) is 8.68. The first-order chi connectivity index (χ1) is 12.6. The van der Waals surface area contributed by atoms with Gasteiger partial charge in [0.15, 0.2) is 0 Å². The van der Waals surface area contributed by atoms with E-state index in [4.69, 9.17) is 0 Å². The Morgan fingerprint density at radius 1 is 1.35 bits per heavy atom. The third-order valence-electron chi connectivity index (χ3n) is 5.17. The van der Waals surface area contributed by atoms with E-state index in [1.165, 1.54) is 0 Å². The lowest BCUT2D eigenvalue weighted by molar-refractivity contribution is 0.0782. The number of aromatic amines is 1. The topological polar surface area (TPSA) is 84.3 Å². The second-order valence-electron chi connectivity index (χ2n) is 6.93. The number of aryl methyl sites for hydroxylation is 1. The molecule has 132 valence electrons. The van der Waals surface area contributed by atoms with E-state index in [0.29, 0.717) is 18.8 Å². The third kappa shape index (κ3) is 2.40. The average Bonchev–Trinajstić information content (AvgIpc) is 3.21. The molecule has 1 aromatic carbocycles. The molecule has 0 spiro atoms. The summed E-state index contributed by atoms with van der Waals surface area (Å²) in [5.74, 6) is 0.445. The van der Waals surface area contributed by atoms with Crippen molar-refractivity contribution in [2.75, 3.05) is 11.9 Å². The molecule has 0 radical (unpaired) electrons. The molecule has 3 aromatic heterocycles. The van der Waals surface area contributed by atoms with Crippen LogP contribution in [0.2, 0.25) is 0 Å². The largest absolute Gasteiger partial charge is 0.351 e. The van der Waals surface area contributed by atoms with E-state index in [2.05, 4.69) is 30.6 Å². The standard InChI is InChI=1S/C18H18FN7/c1-26-15-7-11(3-4-14(15)24-25-26)12-8-20-16-13(12)9-21-17(23-16)22-10-18(19)5-2-6-18/h3-4,7-9H,2,5-6,10H2,1H3,(H2,20,21,22,23). The van der Waals surface area contributed by atoms with Gasteiger partial charge >= 0.3 is 0 Å². The predicted octanol–water partition coefficient (Wildman–Crippen LogP) is 3.21. The van der Waals surface area contributed by atoms with E-state index < -0.39 is 5.67 Å². The molecule has 1 aliphatic rings. The Balaban J connectivity index is 1.47. The molecule has 8 heteroatoms. The second kappa shape index (κ2) is 5.48. The highest BCUT2D eigenvalue weighted by atomic mass is 19.1. The highest BCUT2D eigenvalue weighted by molar-refractivity contribution is 5.95. The molecule has 0 atom stereocenters. The normalized spacial score (nSPS) is 16.1. The fourth-order valence-electron chi connectivity index (χ4n) is 3.40. The molecular weight excluding hydrogens is 333 g/mol. The van der Waals surface area contributed by atoms with Gasteiger partial charge in [0.05, 0.1) is 12.1 Å². The molecule has 26 heavy (non-hydrogen) atoms. The van der Waals surface area contributed by atoms with E-state index in [1.54, 1.807) is 10.9 Å². The molecule has 0 bridgehead atoms. The lowest BCUT2D eigenvalue weighted by Crippen LogP contribution is -2.39. The van der Waals surface area contributed by atoms with Crippen molar-refractivity contribution >= 4 is 28.0 Å². The van der Waals surface area contributed by atoms with E-state index in [-0.39, 0.29) is 6.54 Å². The monoisotopic (exact) mass is 351 g/mol. The van der Waals surface area contributed by atoms with Crippen molar-refractivity contribution in [2.45, 2.75) is 24.9 Å². The quantitative estimate of drug-likeness (QED) is 0.590. The summed E-state index contributed by atoms with van der Waals surface area (Å²) in [5.41, 5.74) is 3.49. The SMILES string of the molecule is Cn1nnc2ccc(-c3c[nH]c4nc(NCC5(F)CCC5)ncc34)cc21. The van der Waals surface area contributed by atoms with E-state index >= 15 is 0 Å². The lowest BCUT2D eigenvalue weighted by atomic mass is 9.82. The Hall–Kier alpha value is -3.03. The van der Waals surface area contributed by atoms with Crippen LogP contribution in [-0.2, 0) is 7.05 Å². The molecule has 5 rings (SSSR count). The summed E-state index contributed by atoms with van der Waals surface area (Å²) < 4.78 is 15.9. The predicted molar refractivity (Wildman–Crippen MR) is 97.6 cm³/mol. The van der Waals surface area contributed by atoms with Crippen LogP contribution >= 0.6 is 0 Å². The van der Waals surface area contributed by atoms with Gasteiger partial charge in [-0.3, -0.25) is 0 Å². The van der Waals surface area contributed by atoms with Crippen LogP contribution in [0.4, 0.5) is 10.3 Å². The molecule has 1 aliphatic carbocycles. The third-order valence-corrected chi connectivity index (χ3v) is 5.17. The first-order valence-corrected chi connectivity index (χ1v) is 8.68. The van der Waals surface area contributed by atoms with Crippen molar-refractivity contribution < 1.29 is 4.39 Å². The maximum atomic E-state index is 14.1. The summed E-state index contributed by atoms with van der Waals surface area (Å²) in [6.45, 7) is 0.260. The number of fused-ring (bicyclic) bond motifs is 2. The summed E-state index contributed by atoms with van der Waals surface area (Å²) >= 11 is 0. The number of alkyl halides is 1. The van der Waals surface area contributed by atoms with Gasteiger partial charge in [0.25, 0.3) is 0 Å². The van der Waals surface area contributed by atoms with Gasteiger partial charge in [0.2, 0.25) is 5.95 Å². The zero-order valence-corrected chi connectivity index (χ0v) is 14.3. The number of rotatable bonds is 4. The van der Waals surface area contributed by atoms with Crippen LogP contribution in [0.15, 0.2) is 30.6 Å². The Morgan fingerprint density at radius 3 is 3.04 bits per heavy atom. The average molecular weight is 351 g/mol. The van der Waals surface area contributed by atoms with Crippen LogP contribution < -0.4 is 5.32 Å². The summed E-state index contributed by atoms with van der Waals surface area (Å²) in [6, 6.07) is 6.01. The molecule has 0 saturated heterocycles. The molecule has 7 nitrogen and oxygen atoms in total. The number of nitrogens with zero attached hydrogens (tertiary/aromatic N) is 5. The van der Waals surface area contributed by atoms with Gasteiger partial charge in [-0.25, -0.2) is 14.1 Å². The zero-order valence-electron chi connectivity index (χ0n) is 14.3. The van der Waals surface area contributed by atoms with Gasteiger partial charge in [-0.05, 0) is 37.0 Å². The summed E-state index contributed by atoms with van der Waals surface area (Å²) in [5, 5.41) is 12.1. The fraction of sp³-hybridized carbons (Fsp3) is 0.333. The van der Waals surface area contributed by atoms with Crippen LogP contribution in [0.3, 0.4) is 0 Å². The molecule has 1 fully saturated rings. The molecule has 0 unspecified atom stereocenters. The smallest absolute Gasteiger partial charge is 0.224 e. The number of H-pyrrole nitrogens is 1. The second-order valence-corrected chi connectivity index (χ2v) is 6.93. The van der Waals surface area contributed by atoms with Crippen molar-refractivity contribution in [1.82, 2.24) is 29.9 Å². The molecule has 1 saturated carbocycles. The number of anilines is 1. The molecule has 0 aliphatic heterocycles. The van der Waals surface area contributed by atoms with Gasteiger partial charge in [-0.2, -0.15) is 4.98 Å². The highest BCUT2D eigenvalue weighted by Crippen LogP contribution is 2.35. The van der Waals surface area contributed by atoms with Gasteiger partial charge < -0.3 is 10.3 Å². The molecule has 0 amide bonds. The zero-order chi connectivity index (χ0) is 17.7. The van der Waals surface area contributed by atoms with Crippen LogP contribution in [0.5, 0.6) is 0 Å². The van der Waals surface area contributed by atoms with Crippen molar-refractivity contribution in [2.24, 2.45) is 7.05 Å². The number of benzene rings is 1. The van der Waals surface area contributed by atoms with Gasteiger partial charge in [-0.15, -0.1) is 5.10 Å². The molecule has 4 aromatic rings. The van der Waals surface area contributed by atoms with Crippen molar-refractivity contribution in [3.63, 3.8) is 0 Å². The van der Waals surface area contributed by atoms with Crippen molar-refractivity contribution in [3.8, 4) is 11.1 Å². The van der Waals surface area contributed by atoms with E-state index in [0.717, 1.165) is 39.6 Å². The first kappa shape index (κ1) is 15.2. The molecule has 3 heterocycles. The lowest BCUT2D eigenvalue weighted by Gasteiger charge is -2.33. The maximum Gasteiger partial charge on any atom is 0.224 e. The van der Waals surface area contributed by atoms with Crippen LogP contribution in [-0.4, -0.2) is 42.2 Å². The Labute approximate surface area is 148 Å². The van der Waals surface area contributed by atoms with Gasteiger partial charge in [0, 0.05) is 30.4 Å². The number of halogens is 1. The fourth-order valence-corrected chi connectivity index (χ4v) is 3.40. The highest BCUT2D eigenvalue weighted by Gasteiger charge is 2.36. The van der Waals surface area contributed by atoms with Crippen LogP contribution in [0.25, 0.3) is 33.2 Å². The van der Waals surface area contributed by atoms with Crippen LogP contribution in [0, 0.1) is 0 Å². The summed E-state index contributed by atoms with van der Waals surface area (Å²) in [6.07, 6.45) is 5.86. The summed E-state index contributed by atoms with van der Waals surface area (Å²) in [4.78, 5) is 12.0. The Morgan fingerprint density at radius 2 is 2.23 bits per heavy atom. The number of hydrogen-bond acceptors (Lipinski definition) is 5. The van der Waals surface area contributed by atoms with Crippen molar-refractivity contribution in [3.05, 3.63) is 30.6 Å². The van der Waals surface area contributed by atoms with Gasteiger partial charge in [0.1, 0.15) is 16.8 Å². The number of hydrogen-bond donors (Lipinski definition) is 2. The number of aromatic nitrogens is 6. The molecule has 2 N–H and O–H groups in total. The Bertz CT molecular complexity index is 1110. The van der Waals surface area contributed by atoms with Gasteiger partial charge in [-0.1, -0.05) is 11.3 Å². The van der Waals surface area contributed by atoms with E-state index in [1.807, 2.05) is 31.4 Å². The van der Waals surface area contributed by atoms with Crippen LogP contribution in [0.1, 0.15) is 19.3 Å². The molecular formula is C18H18FN7. The number of nitrogens with one attached hydrogen (secondary N) is 2. The Kier molecular flexibility index (Phi) is 3.22. The minimum Gasteiger partial charge on any atom is -0.351 e. The minimum absolute atomic E-state index is 0.260. The minimum atomic E-state index is -1.11.